The molecule has 0 saturated carbocycles. The van der Waals surface area contributed by atoms with Crippen LogP contribution in [0, 0.1) is 17.7 Å². The number of hydrogen-bond acceptors (Lipinski definition) is 3. The van der Waals surface area contributed by atoms with Crippen molar-refractivity contribution in [3.05, 3.63) is 42.4 Å². The number of carbonyl (C=O) groups is 2. The van der Waals surface area contributed by atoms with Gasteiger partial charge in [-0.2, -0.15) is 13.2 Å². The first-order valence-corrected chi connectivity index (χ1v) is 7.85. The summed E-state index contributed by atoms with van der Waals surface area (Å²) >= 11 is 0. The summed E-state index contributed by atoms with van der Waals surface area (Å²) in [5.41, 5.74) is 0.178. The fourth-order valence-electron chi connectivity index (χ4n) is 2.96. The number of furan rings is 1. The first-order valence-electron chi connectivity index (χ1n) is 7.85. The zero-order valence-electron chi connectivity index (χ0n) is 13.7. The van der Waals surface area contributed by atoms with E-state index in [1.807, 2.05) is 0 Å². The minimum Gasteiger partial charge on any atom is -0.481 e. The van der Waals surface area contributed by atoms with Gasteiger partial charge in [-0.05, 0) is 30.3 Å². The van der Waals surface area contributed by atoms with E-state index in [4.69, 9.17) is 9.52 Å². The SMILES string of the molecule is O=C(O)[C@@H]1CN(C(=O)Nc2ccc(-c3ccco3)cc2F)C[C@H]1C(F)(F)F. The summed E-state index contributed by atoms with van der Waals surface area (Å²) in [6.07, 6.45) is -3.35. The highest BCUT2D eigenvalue weighted by molar-refractivity contribution is 5.90. The third-order valence-electron chi connectivity index (χ3n) is 4.36. The van der Waals surface area contributed by atoms with Crippen LogP contribution < -0.4 is 5.32 Å². The third-order valence-corrected chi connectivity index (χ3v) is 4.36. The van der Waals surface area contributed by atoms with Gasteiger partial charge in [0.2, 0.25) is 0 Å². The lowest BCUT2D eigenvalue weighted by Gasteiger charge is -2.19. The van der Waals surface area contributed by atoms with Crippen molar-refractivity contribution in [3.63, 3.8) is 0 Å². The topological polar surface area (TPSA) is 82.8 Å². The number of carbonyl (C=O) groups excluding carboxylic acids is 1. The van der Waals surface area contributed by atoms with E-state index in [1.165, 1.54) is 18.4 Å². The smallest absolute Gasteiger partial charge is 0.394 e. The molecule has 1 saturated heterocycles. The number of rotatable bonds is 3. The molecule has 0 spiro atoms. The zero-order chi connectivity index (χ0) is 19.8. The molecule has 1 fully saturated rings. The largest absolute Gasteiger partial charge is 0.481 e. The Morgan fingerprint density at radius 1 is 1.22 bits per heavy atom. The number of aliphatic carboxylic acids is 1. The fraction of sp³-hybridized carbons (Fsp3) is 0.294. The minimum atomic E-state index is -4.76. The highest BCUT2D eigenvalue weighted by atomic mass is 19.4. The van der Waals surface area contributed by atoms with E-state index in [0.717, 1.165) is 11.0 Å². The molecule has 1 aromatic heterocycles. The molecule has 0 bridgehead atoms. The number of anilines is 1. The van der Waals surface area contributed by atoms with Gasteiger partial charge in [0.25, 0.3) is 0 Å². The quantitative estimate of drug-likeness (QED) is 0.786. The second-order valence-electron chi connectivity index (χ2n) is 6.10. The van der Waals surface area contributed by atoms with Crippen LogP contribution >= 0.6 is 0 Å². The van der Waals surface area contributed by atoms with Crippen LogP contribution in [0.25, 0.3) is 11.3 Å². The second-order valence-corrected chi connectivity index (χ2v) is 6.10. The van der Waals surface area contributed by atoms with Gasteiger partial charge in [0.05, 0.1) is 23.8 Å². The first kappa shape index (κ1) is 18.7. The fourth-order valence-corrected chi connectivity index (χ4v) is 2.96. The van der Waals surface area contributed by atoms with Crippen LogP contribution in [0.2, 0.25) is 0 Å². The van der Waals surface area contributed by atoms with Crippen molar-refractivity contribution in [2.75, 3.05) is 18.4 Å². The van der Waals surface area contributed by atoms with Crippen molar-refractivity contribution in [2.45, 2.75) is 6.18 Å². The van der Waals surface area contributed by atoms with Gasteiger partial charge in [-0.15, -0.1) is 0 Å². The summed E-state index contributed by atoms with van der Waals surface area (Å²) in [7, 11) is 0. The maximum absolute atomic E-state index is 14.2. The van der Waals surface area contributed by atoms with Gasteiger partial charge in [0.1, 0.15) is 11.6 Å². The Morgan fingerprint density at radius 2 is 1.96 bits per heavy atom. The highest BCUT2D eigenvalue weighted by Gasteiger charge is 2.53. The van der Waals surface area contributed by atoms with Gasteiger partial charge >= 0.3 is 18.2 Å². The van der Waals surface area contributed by atoms with Gasteiger partial charge in [-0.1, -0.05) is 0 Å². The summed E-state index contributed by atoms with van der Waals surface area (Å²) in [5, 5.41) is 11.2. The molecule has 2 N–H and O–H groups in total. The Balaban J connectivity index is 1.73. The van der Waals surface area contributed by atoms with Gasteiger partial charge in [0, 0.05) is 18.7 Å². The molecule has 6 nitrogen and oxygen atoms in total. The summed E-state index contributed by atoms with van der Waals surface area (Å²) in [4.78, 5) is 24.0. The lowest BCUT2D eigenvalue weighted by molar-refractivity contribution is -0.187. The molecular formula is C17H14F4N2O4. The average Bonchev–Trinajstić information content (AvgIpc) is 3.25. The number of benzene rings is 1. The Morgan fingerprint density at radius 3 is 2.48 bits per heavy atom. The van der Waals surface area contributed by atoms with Crippen LogP contribution in [0.15, 0.2) is 41.0 Å². The van der Waals surface area contributed by atoms with E-state index in [0.29, 0.717) is 11.3 Å². The molecule has 1 aliphatic heterocycles. The van der Waals surface area contributed by atoms with Crippen LogP contribution in [-0.4, -0.2) is 41.3 Å². The molecule has 2 aromatic rings. The van der Waals surface area contributed by atoms with Crippen LogP contribution in [0.5, 0.6) is 0 Å². The second kappa shape index (κ2) is 6.93. The average molecular weight is 386 g/mol. The number of carboxylic acid groups (broad SMARTS) is 1. The summed E-state index contributed by atoms with van der Waals surface area (Å²) in [5.74, 6) is -5.97. The van der Waals surface area contributed by atoms with Gasteiger partial charge in [-0.3, -0.25) is 4.79 Å². The number of halogens is 4. The van der Waals surface area contributed by atoms with E-state index >= 15 is 0 Å². The zero-order valence-corrected chi connectivity index (χ0v) is 13.7. The van der Waals surface area contributed by atoms with Gasteiger partial charge in [0.15, 0.2) is 0 Å². The Bertz CT molecular complexity index is 851. The molecule has 10 heteroatoms. The van der Waals surface area contributed by atoms with E-state index < -0.39 is 48.9 Å². The number of hydrogen-bond donors (Lipinski definition) is 2. The summed E-state index contributed by atoms with van der Waals surface area (Å²) in [6, 6.07) is 6.05. The Hall–Kier alpha value is -3.04. The number of carboxylic acids is 1. The molecule has 0 unspecified atom stereocenters. The molecule has 0 aliphatic carbocycles. The molecule has 144 valence electrons. The van der Waals surface area contributed by atoms with Crippen LogP contribution in [0.4, 0.5) is 28.0 Å². The number of amides is 2. The number of urea groups is 1. The highest BCUT2D eigenvalue weighted by Crippen LogP contribution is 2.38. The van der Waals surface area contributed by atoms with Crippen LogP contribution in [0.1, 0.15) is 0 Å². The van der Waals surface area contributed by atoms with Crippen molar-refractivity contribution in [1.29, 1.82) is 0 Å². The van der Waals surface area contributed by atoms with Crippen molar-refractivity contribution in [1.82, 2.24) is 4.90 Å². The lowest BCUT2D eigenvalue weighted by atomic mass is 9.96. The van der Waals surface area contributed by atoms with Crippen LogP contribution in [-0.2, 0) is 4.79 Å². The molecule has 3 rings (SSSR count). The van der Waals surface area contributed by atoms with E-state index in [9.17, 15) is 27.2 Å². The van der Waals surface area contributed by atoms with Crippen molar-refractivity contribution in [3.8, 4) is 11.3 Å². The van der Waals surface area contributed by atoms with Gasteiger partial charge < -0.3 is 19.7 Å². The minimum absolute atomic E-state index is 0.238. The predicted octanol–water partition coefficient (Wildman–Crippen LogP) is 3.81. The molecule has 2 heterocycles. The Kier molecular flexibility index (Phi) is 4.81. The normalized spacial score (nSPS) is 19.9. The maximum atomic E-state index is 14.2. The maximum Gasteiger partial charge on any atom is 0.394 e. The standard InChI is InChI=1S/C17H14F4N2O4/c18-12-6-9(14-2-1-5-27-14)3-4-13(12)22-16(26)23-7-10(15(24)25)11(8-23)17(19,20)21/h1-6,10-11H,7-8H2,(H,22,26)(H,24,25)/t10-,11-/m1/s1. The monoisotopic (exact) mass is 386 g/mol. The number of likely N-dealkylation sites (tertiary alicyclic amines) is 1. The number of nitrogens with zero attached hydrogens (tertiary/aromatic N) is 1. The van der Waals surface area contributed by atoms with E-state index in [1.54, 1.807) is 12.1 Å². The molecule has 1 aromatic carbocycles. The van der Waals surface area contributed by atoms with Gasteiger partial charge in [-0.25, -0.2) is 9.18 Å². The summed E-state index contributed by atoms with van der Waals surface area (Å²) < 4.78 is 58.3. The molecule has 0 radical (unpaired) electrons. The van der Waals surface area contributed by atoms with Crippen molar-refractivity contribution in [2.24, 2.45) is 11.8 Å². The molecular weight excluding hydrogens is 372 g/mol. The molecule has 2 amide bonds. The lowest BCUT2D eigenvalue weighted by Crippen LogP contribution is -2.35. The predicted molar refractivity (Wildman–Crippen MR) is 85.4 cm³/mol. The molecule has 2 atom stereocenters. The number of alkyl halides is 3. The van der Waals surface area contributed by atoms with E-state index in [-0.39, 0.29) is 5.69 Å². The van der Waals surface area contributed by atoms with Crippen molar-refractivity contribution >= 4 is 17.7 Å². The summed E-state index contributed by atoms with van der Waals surface area (Å²) in [6.45, 7) is -1.42. The van der Waals surface area contributed by atoms with Crippen LogP contribution in [0.3, 0.4) is 0 Å². The van der Waals surface area contributed by atoms with E-state index in [2.05, 4.69) is 5.32 Å². The van der Waals surface area contributed by atoms with Crippen molar-refractivity contribution < 1.29 is 36.7 Å². The molecule has 1 aliphatic rings. The first-order chi connectivity index (χ1) is 12.7. The third kappa shape index (κ3) is 3.88. The Labute approximate surface area is 150 Å². The number of nitrogens with one attached hydrogen (secondary N) is 1. The molecule has 27 heavy (non-hydrogen) atoms.